The lowest BCUT2D eigenvalue weighted by atomic mass is 9.78. The number of rotatable bonds is 3. The molecule has 0 aromatic carbocycles. The Morgan fingerprint density at radius 1 is 0.806 bits per heavy atom. The molecule has 1 saturated carbocycles. The molecule has 4 rings (SSSR count). The lowest BCUT2D eigenvalue weighted by Gasteiger charge is -2.42. The zero-order chi connectivity index (χ0) is 46.1. The van der Waals surface area contributed by atoms with Gasteiger partial charge in [-0.3, -0.25) is 19.2 Å². The monoisotopic (exact) mass is 872 g/mol. The van der Waals surface area contributed by atoms with Crippen molar-refractivity contribution in [2.24, 2.45) is 35.5 Å². The molecule has 3 heterocycles. The average molecular weight is 872 g/mol. The molecule has 3 fully saturated rings. The third kappa shape index (κ3) is 13.3. The fraction of sp³-hybridized carbons (Fsp3) is 0.729. The third-order valence-electron chi connectivity index (χ3n) is 13.7. The molecule has 14 heteroatoms. The van der Waals surface area contributed by atoms with E-state index in [1.165, 1.54) is 13.0 Å². The molecule has 6 N–H and O–H groups in total. The third-order valence-corrected chi connectivity index (χ3v) is 13.7. The molecule has 3 aliphatic heterocycles. The molecule has 0 radical (unpaired) electrons. The minimum atomic E-state index is -2.50. The molecule has 348 valence electrons. The fourth-order valence-corrected chi connectivity index (χ4v) is 9.39. The van der Waals surface area contributed by atoms with Crippen molar-refractivity contribution < 1.29 is 64.1 Å². The molecule has 1 unspecified atom stereocenters. The van der Waals surface area contributed by atoms with Crippen molar-refractivity contribution in [3.63, 3.8) is 0 Å². The number of nitrogens with zero attached hydrogens (tertiary/aromatic N) is 1. The highest BCUT2D eigenvalue weighted by Gasteiger charge is 2.53. The van der Waals surface area contributed by atoms with Crippen LogP contribution in [0.25, 0.3) is 0 Å². The lowest BCUT2D eigenvalue weighted by Crippen LogP contribution is -2.61. The van der Waals surface area contributed by atoms with Crippen molar-refractivity contribution in [3.05, 3.63) is 47.6 Å². The molecule has 0 aromatic rings. The first-order valence-electron chi connectivity index (χ1n) is 22.8. The van der Waals surface area contributed by atoms with Gasteiger partial charge in [-0.1, -0.05) is 71.1 Å². The second-order valence-corrected chi connectivity index (χ2v) is 19.0. The summed E-state index contributed by atoms with van der Waals surface area (Å²) in [6.45, 7) is 12.0. The molecule has 4 aliphatic rings. The quantitative estimate of drug-likeness (QED) is 0.133. The van der Waals surface area contributed by atoms with Crippen LogP contribution in [0.2, 0.25) is 0 Å². The topological polar surface area (TPSA) is 228 Å². The van der Waals surface area contributed by atoms with Gasteiger partial charge in [0.25, 0.3) is 11.7 Å². The molecular weight excluding hydrogens is 799 g/mol. The van der Waals surface area contributed by atoms with Crippen LogP contribution < -0.4 is 0 Å². The first-order chi connectivity index (χ1) is 29.1. The molecule has 0 aromatic heterocycles. The number of aliphatic hydroxyl groups excluding tert-OH is 5. The van der Waals surface area contributed by atoms with Crippen molar-refractivity contribution in [2.75, 3.05) is 6.54 Å². The summed E-state index contributed by atoms with van der Waals surface area (Å²) in [4.78, 5) is 70.6. The zero-order valence-corrected chi connectivity index (χ0v) is 37.7. The molecular formula is C48H73NO13. The van der Waals surface area contributed by atoms with Gasteiger partial charge in [0.2, 0.25) is 5.79 Å². The van der Waals surface area contributed by atoms with Crippen molar-refractivity contribution in [1.29, 1.82) is 0 Å². The summed E-state index contributed by atoms with van der Waals surface area (Å²) in [5.74, 6) is -9.20. The Kier molecular flexibility index (Phi) is 19.0. The van der Waals surface area contributed by atoms with E-state index in [0.29, 0.717) is 63.4 Å². The Hall–Kier alpha value is -3.37. The highest BCUT2D eigenvalue weighted by Crippen LogP contribution is 2.37. The van der Waals surface area contributed by atoms with Gasteiger partial charge >= 0.3 is 5.97 Å². The highest BCUT2D eigenvalue weighted by atomic mass is 16.6. The molecule has 0 spiro atoms. The summed E-state index contributed by atoms with van der Waals surface area (Å²) < 4.78 is 12.1. The molecule has 1 aliphatic carbocycles. The van der Waals surface area contributed by atoms with Crippen molar-refractivity contribution in [1.82, 2.24) is 4.90 Å². The smallest absolute Gasteiger partial charge is 0.329 e. The van der Waals surface area contributed by atoms with Crippen LogP contribution in [0.15, 0.2) is 47.6 Å². The first-order valence-corrected chi connectivity index (χ1v) is 22.8. The second-order valence-electron chi connectivity index (χ2n) is 19.0. The lowest BCUT2D eigenvalue weighted by molar-refractivity contribution is -0.265. The van der Waals surface area contributed by atoms with Gasteiger partial charge < -0.3 is 45.0 Å². The Bertz CT molecular complexity index is 1700. The number of carbonyl (C=O) groups is 5. The SMILES string of the molecule is C/C1=C\[C@@H](C)C(=O)C[C@@H]([C@H](C)CC2CC[C@H](O)[C@@H](O)C2)OC(=O)[C@@H]2CCCCN2C(=O)C(=O)[C@]2(O)O[C@@H](CC[C@H]2C)C[C@H](O)/C(C)=C/C=C/C=C/[C@@H](C)C[C@@H](C)C(=O)[C@H](O)[C@@H]1O. The van der Waals surface area contributed by atoms with E-state index in [0.717, 1.165) is 4.90 Å². The number of fused-ring (bicyclic) bond motifs is 3. The van der Waals surface area contributed by atoms with Crippen molar-refractivity contribution >= 4 is 29.2 Å². The number of carbonyl (C=O) groups excluding carboxylic acids is 5. The van der Waals surface area contributed by atoms with Gasteiger partial charge in [0.15, 0.2) is 5.78 Å². The summed E-state index contributed by atoms with van der Waals surface area (Å²) in [7, 11) is 0. The van der Waals surface area contributed by atoms with Gasteiger partial charge in [0.05, 0.1) is 24.4 Å². The van der Waals surface area contributed by atoms with E-state index in [1.54, 1.807) is 45.9 Å². The number of ether oxygens (including phenoxy) is 2. The van der Waals surface area contributed by atoms with E-state index in [4.69, 9.17) is 9.47 Å². The maximum Gasteiger partial charge on any atom is 0.329 e. The van der Waals surface area contributed by atoms with Gasteiger partial charge in [-0.05, 0) is 107 Å². The summed E-state index contributed by atoms with van der Waals surface area (Å²) in [5.41, 5.74) is 0.820. The number of hydrogen-bond donors (Lipinski definition) is 6. The Balaban J connectivity index is 1.67. The fourth-order valence-electron chi connectivity index (χ4n) is 9.39. The molecule has 62 heavy (non-hydrogen) atoms. The van der Waals surface area contributed by atoms with Crippen LogP contribution in [0.4, 0.5) is 0 Å². The Labute approximate surface area is 367 Å². The molecule has 14 nitrogen and oxygen atoms in total. The standard InChI is InChI=1S/C48H73NO13/c1-27-13-9-8-10-14-28(2)38(51)25-35-18-16-33(7)48(60,62-35)45(57)46(58)49-20-12-11-15-36(49)47(59)61-41(30(4)23-34-17-19-37(50)40(53)24-34)26-39(52)29(3)22-32(6)43(55)44(56)42(54)31(5)21-27/h8-10,13-14,22,27,29-31,33-38,40-41,43-44,50-51,53,55-56,60H,11-12,15-21,23-26H2,1-7H3/b10-8+,13-9+,28-14+,32-22+/t27-,29-,30-,31-,33-,34?,35+,36+,37+,38+,40+,41+,43-,44+,48-/m1/s1. The van der Waals surface area contributed by atoms with Gasteiger partial charge in [0, 0.05) is 37.1 Å². The summed E-state index contributed by atoms with van der Waals surface area (Å²) in [6.07, 6.45) is 6.61. The van der Waals surface area contributed by atoms with Crippen LogP contribution in [-0.2, 0) is 33.4 Å². The van der Waals surface area contributed by atoms with Gasteiger partial charge in [-0.15, -0.1) is 0 Å². The normalized spacial score (nSPS) is 41.8. The molecule has 1 amide bonds. The van der Waals surface area contributed by atoms with Gasteiger partial charge in [-0.2, -0.15) is 0 Å². The van der Waals surface area contributed by atoms with Crippen molar-refractivity contribution in [2.45, 2.75) is 180 Å². The molecule has 15 atom stereocenters. The average Bonchev–Trinajstić information content (AvgIpc) is 3.23. The number of ketones is 3. The number of allylic oxidation sites excluding steroid dienone is 6. The van der Waals surface area contributed by atoms with Crippen LogP contribution in [0.1, 0.15) is 126 Å². The first kappa shape index (κ1) is 51.3. The number of aliphatic hydroxyl groups is 6. The Morgan fingerprint density at radius 3 is 2.21 bits per heavy atom. The minimum absolute atomic E-state index is 0.0349. The molecule has 2 bridgehead atoms. The predicted molar refractivity (Wildman–Crippen MR) is 231 cm³/mol. The summed E-state index contributed by atoms with van der Waals surface area (Å²) >= 11 is 0. The number of cyclic esters (lactones) is 1. The minimum Gasteiger partial charge on any atom is -0.460 e. The second kappa shape index (κ2) is 23.0. The number of piperidine rings is 1. The number of hydrogen-bond acceptors (Lipinski definition) is 13. The van der Waals surface area contributed by atoms with Gasteiger partial charge in [-0.25, -0.2) is 4.79 Å². The van der Waals surface area contributed by atoms with Crippen LogP contribution >= 0.6 is 0 Å². The van der Waals surface area contributed by atoms with E-state index in [-0.39, 0.29) is 49.0 Å². The van der Waals surface area contributed by atoms with E-state index in [2.05, 4.69) is 0 Å². The number of amides is 1. The maximum absolute atomic E-state index is 14.2. The maximum atomic E-state index is 14.2. The van der Waals surface area contributed by atoms with Crippen LogP contribution in [0.5, 0.6) is 0 Å². The summed E-state index contributed by atoms with van der Waals surface area (Å²) in [5, 5.41) is 65.3. The highest BCUT2D eigenvalue weighted by molar-refractivity contribution is 6.39. The van der Waals surface area contributed by atoms with E-state index >= 15 is 0 Å². The van der Waals surface area contributed by atoms with Crippen LogP contribution in [-0.4, -0.2) is 126 Å². The van der Waals surface area contributed by atoms with E-state index < -0.39 is 102 Å². The van der Waals surface area contributed by atoms with Crippen molar-refractivity contribution in [3.8, 4) is 0 Å². The Morgan fingerprint density at radius 2 is 1.52 bits per heavy atom. The van der Waals surface area contributed by atoms with Crippen LogP contribution in [0, 0.1) is 35.5 Å². The summed E-state index contributed by atoms with van der Waals surface area (Å²) in [6, 6.07) is -1.19. The van der Waals surface area contributed by atoms with Crippen LogP contribution in [0.3, 0.4) is 0 Å². The van der Waals surface area contributed by atoms with Gasteiger partial charge in [0.1, 0.15) is 30.1 Å². The molecule has 2 saturated heterocycles. The van der Waals surface area contributed by atoms with E-state index in [1.807, 2.05) is 26.0 Å². The number of Topliss-reactive ketones (excluding diaryl/α,β-unsaturated/α-hetero) is 3. The largest absolute Gasteiger partial charge is 0.460 e. The zero-order valence-electron chi connectivity index (χ0n) is 37.7. The predicted octanol–water partition coefficient (Wildman–Crippen LogP) is 4.22. The van der Waals surface area contributed by atoms with E-state index in [9.17, 15) is 54.6 Å². The number of esters is 1.